The fourth-order valence-corrected chi connectivity index (χ4v) is 4.05. The molecule has 160 valence electrons. The first kappa shape index (κ1) is 21.7. The van der Waals surface area contributed by atoms with Gasteiger partial charge in [0, 0.05) is 38.6 Å². The zero-order valence-corrected chi connectivity index (χ0v) is 17.3. The van der Waals surface area contributed by atoms with Crippen LogP contribution in [0.4, 0.5) is 0 Å². The van der Waals surface area contributed by atoms with Gasteiger partial charge in [0.2, 0.25) is 0 Å². The van der Waals surface area contributed by atoms with Gasteiger partial charge in [-0.1, -0.05) is 6.07 Å². The number of carbonyl (C=O) groups excluding carboxylic acids is 2. The van der Waals surface area contributed by atoms with E-state index in [0.717, 1.165) is 25.2 Å². The molecule has 0 saturated carbocycles. The van der Waals surface area contributed by atoms with Gasteiger partial charge in [-0.05, 0) is 17.7 Å². The summed E-state index contributed by atoms with van der Waals surface area (Å²) in [6.07, 6.45) is 0. The second-order valence-electron chi connectivity index (χ2n) is 7.46. The largest absolute Gasteiger partial charge is 0.493 e. The highest BCUT2D eigenvalue weighted by Crippen LogP contribution is 2.33. The molecule has 29 heavy (non-hydrogen) atoms. The number of cyclic esters (lactones) is 1. The minimum absolute atomic E-state index is 0. The molecule has 4 rings (SSSR count). The number of rotatable bonds is 6. The van der Waals surface area contributed by atoms with Crippen LogP contribution < -0.4 is 9.47 Å². The Hall–Kier alpha value is -2.03. The van der Waals surface area contributed by atoms with Crippen LogP contribution in [-0.2, 0) is 25.6 Å². The van der Waals surface area contributed by atoms with Gasteiger partial charge >= 0.3 is 5.97 Å². The van der Waals surface area contributed by atoms with Crippen LogP contribution in [0.15, 0.2) is 18.2 Å². The molecule has 0 unspecified atom stereocenters. The maximum absolute atomic E-state index is 12.3. The van der Waals surface area contributed by atoms with Crippen molar-refractivity contribution in [2.45, 2.75) is 6.54 Å². The maximum Gasteiger partial charge on any atom is 0.310 e. The summed E-state index contributed by atoms with van der Waals surface area (Å²) in [5, 5.41) is 0. The molecular formula is C20H27ClN2O6. The van der Waals surface area contributed by atoms with Gasteiger partial charge in [0.15, 0.2) is 18.1 Å². The van der Waals surface area contributed by atoms with Crippen molar-refractivity contribution in [2.75, 3.05) is 59.7 Å². The lowest BCUT2D eigenvalue weighted by molar-refractivity contribution is -0.141. The van der Waals surface area contributed by atoms with Crippen molar-refractivity contribution in [2.24, 2.45) is 11.8 Å². The fourth-order valence-electron chi connectivity index (χ4n) is 4.05. The van der Waals surface area contributed by atoms with Crippen molar-refractivity contribution < 1.29 is 28.5 Å². The Kier molecular flexibility index (Phi) is 7.21. The van der Waals surface area contributed by atoms with Crippen molar-refractivity contribution >= 4 is 24.3 Å². The number of methoxy groups -OCH3 is 1. The van der Waals surface area contributed by atoms with Crippen molar-refractivity contribution in [3.8, 4) is 11.5 Å². The number of fused-ring (bicyclic) bond motifs is 1. The summed E-state index contributed by atoms with van der Waals surface area (Å²) in [4.78, 5) is 28.0. The number of benzene rings is 1. The Balaban J connectivity index is 0.00000240. The number of hydrogen-bond donors (Lipinski definition) is 0. The Morgan fingerprint density at radius 3 is 2.72 bits per heavy atom. The average Bonchev–Trinajstić information content (AvgIpc) is 3.28. The molecule has 3 aliphatic heterocycles. The third kappa shape index (κ3) is 4.94. The van der Waals surface area contributed by atoms with E-state index >= 15 is 0 Å². The average molecular weight is 427 g/mol. The van der Waals surface area contributed by atoms with Gasteiger partial charge in [-0.3, -0.25) is 14.5 Å². The molecule has 3 aliphatic rings. The lowest BCUT2D eigenvalue weighted by Crippen LogP contribution is -2.43. The molecule has 2 atom stereocenters. The smallest absolute Gasteiger partial charge is 0.310 e. The van der Waals surface area contributed by atoms with Crippen LogP contribution >= 0.6 is 12.4 Å². The molecule has 0 bridgehead atoms. The monoisotopic (exact) mass is 426 g/mol. The predicted molar refractivity (Wildman–Crippen MR) is 106 cm³/mol. The predicted octanol–water partition coefficient (Wildman–Crippen LogP) is 0.959. The van der Waals surface area contributed by atoms with E-state index in [0.29, 0.717) is 50.3 Å². The van der Waals surface area contributed by atoms with Crippen LogP contribution in [0.3, 0.4) is 0 Å². The van der Waals surface area contributed by atoms with Gasteiger partial charge < -0.3 is 23.8 Å². The standard InChI is InChI=1S/C20H26N2O6.ClH/c1-25-18-8-14(9-21-10-15-12-28-20(24)16(15)11-21)2-3-17(18)27-13-19(23)22-4-6-26-7-5-22;/h2-3,8,15-16H,4-7,9-13H2,1H3;1H/t15-,16-;/m1./s1. The number of amides is 1. The van der Waals surface area contributed by atoms with Gasteiger partial charge in [-0.2, -0.15) is 0 Å². The number of morpholine rings is 1. The summed E-state index contributed by atoms with van der Waals surface area (Å²) in [7, 11) is 1.59. The number of carbonyl (C=O) groups is 2. The van der Waals surface area contributed by atoms with Crippen LogP contribution in [0, 0.1) is 11.8 Å². The van der Waals surface area contributed by atoms with Crippen LogP contribution in [0.5, 0.6) is 11.5 Å². The zero-order chi connectivity index (χ0) is 19.5. The van der Waals surface area contributed by atoms with E-state index < -0.39 is 0 Å². The fraction of sp³-hybridized carbons (Fsp3) is 0.600. The third-order valence-electron chi connectivity index (χ3n) is 5.61. The van der Waals surface area contributed by atoms with Crippen LogP contribution in [-0.4, -0.2) is 81.4 Å². The Morgan fingerprint density at radius 2 is 2.00 bits per heavy atom. The number of nitrogens with zero attached hydrogens (tertiary/aromatic N) is 2. The Morgan fingerprint density at radius 1 is 1.21 bits per heavy atom. The normalized spacial score (nSPS) is 23.9. The molecule has 8 nitrogen and oxygen atoms in total. The zero-order valence-electron chi connectivity index (χ0n) is 16.5. The highest BCUT2D eigenvalue weighted by molar-refractivity contribution is 5.85. The first-order chi connectivity index (χ1) is 13.6. The van der Waals surface area contributed by atoms with Crippen LogP contribution in [0.1, 0.15) is 5.56 Å². The minimum atomic E-state index is -0.0706. The number of hydrogen-bond acceptors (Lipinski definition) is 7. The molecule has 0 aromatic heterocycles. The summed E-state index contributed by atoms with van der Waals surface area (Å²) in [6, 6.07) is 5.75. The van der Waals surface area contributed by atoms with E-state index in [4.69, 9.17) is 18.9 Å². The molecule has 1 aromatic rings. The highest BCUT2D eigenvalue weighted by atomic mass is 35.5. The SMILES string of the molecule is COc1cc(CN2C[C@@H]3COC(=O)[C@@H]3C2)ccc1OCC(=O)N1CCOCC1.Cl. The molecule has 9 heteroatoms. The number of ether oxygens (including phenoxy) is 4. The van der Waals surface area contributed by atoms with E-state index in [2.05, 4.69) is 4.90 Å². The quantitative estimate of drug-likeness (QED) is 0.627. The molecule has 3 saturated heterocycles. The molecule has 0 spiro atoms. The van der Waals surface area contributed by atoms with E-state index in [1.165, 1.54) is 0 Å². The summed E-state index contributed by atoms with van der Waals surface area (Å²) in [6.45, 7) is 5.19. The van der Waals surface area contributed by atoms with Crippen molar-refractivity contribution in [1.29, 1.82) is 0 Å². The molecule has 3 heterocycles. The lowest BCUT2D eigenvalue weighted by atomic mass is 10.0. The topological polar surface area (TPSA) is 77.5 Å². The van der Waals surface area contributed by atoms with Gasteiger partial charge in [-0.25, -0.2) is 0 Å². The number of halogens is 1. The van der Waals surface area contributed by atoms with Gasteiger partial charge in [-0.15, -0.1) is 12.4 Å². The van der Waals surface area contributed by atoms with Gasteiger partial charge in [0.1, 0.15) is 0 Å². The maximum atomic E-state index is 12.3. The minimum Gasteiger partial charge on any atom is -0.493 e. The second-order valence-corrected chi connectivity index (χ2v) is 7.46. The molecule has 1 aromatic carbocycles. The molecular weight excluding hydrogens is 400 g/mol. The highest BCUT2D eigenvalue weighted by Gasteiger charge is 2.43. The van der Waals surface area contributed by atoms with E-state index in [1.54, 1.807) is 12.0 Å². The summed E-state index contributed by atoms with van der Waals surface area (Å²) in [5.41, 5.74) is 1.08. The van der Waals surface area contributed by atoms with Crippen LogP contribution in [0.25, 0.3) is 0 Å². The first-order valence-electron chi connectivity index (χ1n) is 9.68. The van der Waals surface area contributed by atoms with E-state index in [1.807, 2.05) is 18.2 Å². The summed E-state index contributed by atoms with van der Waals surface area (Å²) < 4.78 is 21.6. The molecule has 0 N–H and O–H groups in total. The Labute approximate surface area is 176 Å². The van der Waals surface area contributed by atoms with Crippen molar-refractivity contribution in [1.82, 2.24) is 9.80 Å². The summed E-state index contributed by atoms with van der Waals surface area (Å²) >= 11 is 0. The van der Waals surface area contributed by atoms with Crippen molar-refractivity contribution in [3.63, 3.8) is 0 Å². The first-order valence-corrected chi connectivity index (χ1v) is 9.68. The van der Waals surface area contributed by atoms with Gasteiger partial charge in [0.05, 0.1) is 32.8 Å². The van der Waals surface area contributed by atoms with E-state index in [-0.39, 0.29) is 36.8 Å². The molecule has 0 radical (unpaired) electrons. The lowest BCUT2D eigenvalue weighted by Gasteiger charge is -2.26. The molecule has 3 fully saturated rings. The van der Waals surface area contributed by atoms with Gasteiger partial charge in [0.25, 0.3) is 5.91 Å². The van der Waals surface area contributed by atoms with Crippen molar-refractivity contribution in [3.05, 3.63) is 23.8 Å². The second kappa shape index (κ2) is 9.65. The Bertz CT molecular complexity index is 740. The van der Waals surface area contributed by atoms with E-state index in [9.17, 15) is 9.59 Å². The third-order valence-corrected chi connectivity index (χ3v) is 5.61. The molecule has 0 aliphatic carbocycles. The molecule has 1 amide bonds. The number of likely N-dealkylation sites (tertiary alicyclic amines) is 1. The van der Waals surface area contributed by atoms with Crippen LogP contribution in [0.2, 0.25) is 0 Å². The number of esters is 1. The summed E-state index contributed by atoms with van der Waals surface area (Å²) in [5.74, 6) is 1.35.